The van der Waals surface area contributed by atoms with Crippen LogP contribution in [0.5, 0.6) is 0 Å². The van der Waals surface area contributed by atoms with Crippen LogP contribution in [0.2, 0.25) is 0 Å². The van der Waals surface area contributed by atoms with E-state index in [1.807, 2.05) is 42.5 Å². The zero-order valence-electron chi connectivity index (χ0n) is 16.1. The summed E-state index contributed by atoms with van der Waals surface area (Å²) in [5.74, 6) is -0.343. The van der Waals surface area contributed by atoms with Gasteiger partial charge >= 0.3 is 0 Å². The Hall–Kier alpha value is -3.41. The third-order valence-electron chi connectivity index (χ3n) is 4.40. The zero-order chi connectivity index (χ0) is 19.9. The van der Waals surface area contributed by atoms with Crippen LogP contribution in [0.3, 0.4) is 0 Å². The third-order valence-corrected chi connectivity index (χ3v) is 4.40. The fraction of sp³-hybridized carbons (Fsp3) is 0.227. The monoisotopic (exact) mass is 376 g/mol. The van der Waals surface area contributed by atoms with Crippen molar-refractivity contribution in [2.24, 2.45) is 0 Å². The molecule has 0 aliphatic heterocycles. The number of hydrogen-bond donors (Lipinski definition) is 2. The topological polar surface area (TPSA) is 76.0 Å². The van der Waals surface area contributed by atoms with Gasteiger partial charge in [0.05, 0.1) is 11.3 Å². The number of benzene rings is 2. The van der Waals surface area contributed by atoms with Gasteiger partial charge in [0.15, 0.2) is 0 Å². The number of nitrogens with zero attached hydrogens (tertiary/aromatic N) is 2. The van der Waals surface area contributed by atoms with Gasteiger partial charge < -0.3 is 10.6 Å². The van der Waals surface area contributed by atoms with E-state index in [1.165, 1.54) is 12.5 Å². The first kappa shape index (κ1) is 19.4. The number of aromatic nitrogens is 2. The van der Waals surface area contributed by atoms with Gasteiger partial charge in [0.25, 0.3) is 5.91 Å². The maximum absolute atomic E-state index is 12.8. The van der Waals surface area contributed by atoms with E-state index in [0.717, 1.165) is 17.7 Å². The van der Waals surface area contributed by atoms with Crippen LogP contribution in [0, 0.1) is 0 Å². The minimum atomic E-state index is -0.220. The molecule has 2 N–H and O–H groups in total. The Balaban J connectivity index is 1.90. The van der Waals surface area contributed by atoms with Gasteiger partial charge in [-0.3, -0.25) is 9.59 Å². The van der Waals surface area contributed by atoms with E-state index in [1.54, 1.807) is 10.9 Å². The Labute approximate surface area is 164 Å². The number of nitrogens with one attached hydrogen (secondary N) is 2. The summed E-state index contributed by atoms with van der Waals surface area (Å²) in [6.07, 6.45) is 2.70. The third kappa shape index (κ3) is 4.65. The molecule has 1 aromatic heterocycles. The quantitative estimate of drug-likeness (QED) is 0.623. The Morgan fingerprint density at radius 3 is 2.29 bits per heavy atom. The molecule has 2 aromatic carbocycles. The van der Waals surface area contributed by atoms with Gasteiger partial charge in [-0.2, -0.15) is 5.10 Å². The standard InChI is InChI=1S/C22H24N4O2/c1-3-17-9-11-18(12-10-17)21-20(22(28)24-14-13-23-16(2)27)15-26(25-21)19-7-5-4-6-8-19/h4-12,15H,3,13-14H2,1-2H3,(H,23,27)(H,24,28). The van der Waals surface area contributed by atoms with Crippen molar-refractivity contribution in [1.82, 2.24) is 20.4 Å². The Bertz CT molecular complexity index is 946. The van der Waals surface area contributed by atoms with Crippen molar-refractivity contribution in [2.45, 2.75) is 20.3 Å². The molecular formula is C22H24N4O2. The van der Waals surface area contributed by atoms with Crippen molar-refractivity contribution in [3.63, 3.8) is 0 Å². The van der Waals surface area contributed by atoms with Gasteiger partial charge in [-0.25, -0.2) is 4.68 Å². The lowest BCUT2D eigenvalue weighted by molar-refractivity contribution is -0.118. The number of amides is 2. The summed E-state index contributed by atoms with van der Waals surface area (Å²) in [5, 5.41) is 10.2. The maximum Gasteiger partial charge on any atom is 0.255 e. The second-order valence-electron chi connectivity index (χ2n) is 6.46. The molecule has 1 heterocycles. The van der Waals surface area contributed by atoms with Crippen molar-refractivity contribution in [1.29, 1.82) is 0 Å². The lowest BCUT2D eigenvalue weighted by atomic mass is 10.0. The molecule has 0 radical (unpaired) electrons. The molecule has 0 aliphatic rings. The first-order chi connectivity index (χ1) is 13.6. The van der Waals surface area contributed by atoms with Crippen molar-refractivity contribution in [3.05, 3.63) is 71.9 Å². The number of carbonyl (C=O) groups is 2. The predicted octanol–water partition coefficient (Wildman–Crippen LogP) is 2.97. The van der Waals surface area contributed by atoms with Crippen molar-refractivity contribution in [2.75, 3.05) is 13.1 Å². The van der Waals surface area contributed by atoms with Crippen LogP contribution in [0.25, 0.3) is 16.9 Å². The molecule has 2 amide bonds. The molecule has 28 heavy (non-hydrogen) atoms. The van der Waals surface area contributed by atoms with Crippen LogP contribution in [-0.2, 0) is 11.2 Å². The molecule has 6 heteroatoms. The molecule has 0 saturated heterocycles. The molecule has 3 aromatic rings. The van der Waals surface area contributed by atoms with Gasteiger partial charge in [0.2, 0.25) is 5.91 Å². The van der Waals surface area contributed by atoms with E-state index in [-0.39, 0.29) is 11.8 Å². The highest BCUT2D eigenvalue weighted by atomic mass is 16.2. The minimum absolute atomic E-state index is 0.122. The van der Waals surface area contributed by atoms with E-state index in [9.17, 15) is 9.59 Å². The predicted molar refractivity (Wildman–Crippen MR) is 109 cm³/mol. The number of hydrogen-bond acceptors (Lipinski definition) is 3. The lowest BCUT2D eigenvalue weighted by Crippen LogP contribution is -2.33. The highest BCUT2D eigenvalue weighted by molar-refractivity contribution is 6.00. The Morgan fingerprint density at radius 1 is 0.964 bits per heavy atom. The van der Waals surface area contributed by atoms with Crippen molar-refractivity contribution < 1.29 is 9.59 Å². The molecular weight excluding hydrogens is 352 g/mol. The van der Waals surface area contributed by atoms with Crippen LogP contribution in [0.1, 0.15) is 29.8 Å². The Morgan fingerprint density at radius 2 is 1.64 bits per heavy atom. The van der Waals surface area contributed by atoms with Crippen molar-refractivity contribution in [3.8, 4) is 16.9 Å². The minimum Gasteiger partial charge on any atom is -0.355 e. The van der Waals surface area contributed by atoms with Crippen LogP contribution in [-0.4, -0.2) is 34.7 Å². The molecule has 0 bridgehead atoms. The lowest BCUT2D eigenvalue weighted by Gasteiger charge is -2.06. The molecule has 0 atom stereocenters. The smallest absolute Gasteiger partial charge is 0.255 e. The fourth-order valence-electron chi connectivity index (χ4n) is 2.87. The van der Waals surface area contributed by atoms with E-state index in [2.05, 4.69) is 34.8 Å². The van der Waals surface area contributed by atoms with E-state index < -0.39 is 0 Å². The van der Waals surface area contributed by atoms with E-state index >= 15 is 0 Å². The summed E-state index contributed by atoms with van der Waals surface area (Å²) in [7, 11) is 0. The number of rotatable bonds is 7. The fourth-order valence-corrected chi connectivity index (χ4v) is 2.87. The summed E-state index contributed by atoms with van der Waals surface area (Å²) in [6, 6.07) is 17.8. The maximum atomic E-state index is 12.8. The average molecular weight is 376 g/mol. The largest absolute Gasteiger partial charge is 0.355 e. The van der Waals surface area contributed by atoms with Crippen LogP contribution < -0.4 is 10.6 Å². The van der Waals surface area contributed by atoms with Gasteiger partial charge in [-0.1, -0.05) is 49.4 Å². The molecule has 144 valence electrons. The highest BCUT2D eigenvalue weighted by Crippen LogP contribution is 2.24. The summed E-state index contributed by atoms with van der Waals surface area (Å²) < 4.78 is 1.71. The van der Waals surface area contributed by atoms with Crippen molar-refractivity contribution >= 4 is 11.8 Å². The van der Waals surface area contributed by atoms with Crippen LogP contribution in [0.4, 0.5) is 0 Å². The van der Waals surface area contributed by atoms with Crippen LogP contribution in [0.15, 0.2) is 60.8 Å². The molecule has 6 nitrogen and oxygen atoms in total. The molecule has 0 saturated carbocycles. The summed E-state index contributed by atoms with van der Waals surface area (Å²) >= 11 is 0. The number of para-hydroxylation sites is 1. The van der Waals surface area contributed by atoms with Gasteiger partial charge in [0, 0.05) is 31.8 Å². The first-order valence-corrected chi connectivity index (χ1v) is 9.35. The zero-order valence-corrected chi connectivity index (χ0v) is 16.1. The number of carbonyl (C=O) groups excluding carboxylic acids is 2. The molecule has 3 rings (SSSR count). The summed E-state index contributed by atoms with van der Waals surface area (Å²) in [5.41, 5.74) is 4.12. The number of aryl methyl sites for hydroxylation is 1. The highest BCUT2D eigenvalue weighted by Gasteiger charge is 2.18. The normalized spacial score (nSPS) is 10.5. The Kier molecular flexibility index (Phi) is 6.22. The van der Waals surface area contributed by atoms with Gasteiger partial charge in [-0.05, 0) is 24.1 Å². The summed E-state index contributed by atoms with van der Waals surface area (Å²) in [6.45, 7) is 4.29. The summed E-state index contributed by atoms with van der Waals surface area (Å²) in [4.78, 5) is 23.7. The second kappa shape index (κ2) is 8.99. The first-order valence-electron chi connectivity index (χ1n) is 9.35. The van der Waals surface area contributed by atoms with Gasteiger partial charge in [0.1, 0.15) is 5.69 Å². The molecule has 0 fully saturated rings. The molecule has 0 aliphatic carbocycles. The van der Waals surface area contributed by atoms with E-state index in [4.69, 9.17) is 0 Å². The van der Waals surface area contributed by atoms with Gasteiger partial charge in [-0.15, -0.1) is 0 Å². The molecule has 0 unspecified atom stereocenters. The molecule has 0 spiro atoms. The van der Waals surface area contributed by atoms with Crippen LogP contribution >= 0.6 is 0 Å². The average Bonchev–Trinajstić information content (AvgIpc) is 3.17. The van der Waals surface area contributed by atoms with E-state index in [0.29, 0.717) is 24.3 Å². The second-order valence-corrected chi connectivity index (χ2v) is 6.46. The SMILES string of the molecule is CCc1ccc(-c2nn(-c3ccccc3)cc2C(=O)NCCNC(C)=O)cc1.